The minimum absolute atomic E-state index is 0.0531. The smallest absolute Gasteiger partial charge is 0.160 e. The van der Waals surface area contributed by atoms with E-state index in [0.29, 0.717) is 18.8 Å². The van der Waals surface area contributed by atoms with Gasteiger partial charge >= 0.3 is 0 Å². The zero-order chi connectivity index (χ0) is 9.68. The molecule has 1 aromatic heterocycles. The minimum Gasteiger partial charge on any atom is -0.377 e. The van der Waals surface area contributed by atoms with Crippen LogP contribution >= 0.6 is 0 Å². The molecular formula is C7H12N4O2. The van der Waals surface area contributed by atoms with Gasteiger partial charge in [0.1, 0.15) is 12.4 Å². The van der Waals surface area contributed by atoms with Crippen LogP contribution in [0.3, 0.4) is 0 Å². The molecule has 0 amide bonds. The number of hydrogen-bond acceptors (Lipinski definition) is 5. The van der Waals surface area contributed by atoms with Crippen LogP contribution in [0, 0.1) is 6.92 Å². The van der Waals surface area contributed by atoms with Gasteiger partial charge in [0.2, 0.25) is 0 Å². The van der Waals surface area contributed by atoms with Crippen molar-refractivity contribution >= 4 is 5.78 Å². The Kier molecular flexibility index (Phi) is 3.51. The molecule has 0 aliphatic carbocycles. The van der Waals surface area contributed by atoms with Crippen molar-refractivity contribution < 1.29 is 9.53 Å². The fourth-order valence-corrected chi connectivity index (χ4v) is 0.920. The third kappa shape index (κ3) is 2.90. The van der Waals surface area contributed by atoms with E-state index in [0.717, 1.165) is 0 Å². The molecule has 0 fully saturated rings. The topological polar surface area (TPSA) is 69.9 Å². The van der Waals surface area contributed by atoms with E-state index in [1.807, 2.05) is 0 Å². The Morgan fingerprint density at radius 1 is 1.62 bits per heavy atom. The number of ether oxygens (including phenoxy) is 1. The highest BCUT2D eigenvalue weighted by atomic mass is 16.5. The van der Waals surface area contributed by atoms with Crippen molar-refractivity contribution in [1.82, 2.24) is 20.2 Å². The Hall–Kier alpha value is -1.30. The summed E-state index contributed by atoms with van der Waals surface area (Å²) >= 11 is 0. The zero-order valence-corrected chi connectivity index (χ0v) is 7.73. The van der Waals surface area contributed by atoms with E-state index in [1.54, 1.807) is 11.6 Å². The quantitative estimate of drug-likeness (QED) is 0.622. The SMILES string of the molecule is COCC(=O)CCn1nnnc1C. The predicted molar refractivity (Wildman–Crippen MR) is 44.1 cm³/mol. The van der Waals surface area contributed by atoms with Gasteiger partial charge in [-0.3, -0.25) is 4.79 Å². The Balaban J connectivity index is 2.35. The lowest BCUT2D eigenvalue weighted by Crippen LogP contribution is -2.12. The van der Waals surface area contributed by atoms with Crippen molar-refractivity contribution in [2.45, 2.75) is 19.9 Å². The number of aromatic nitrogens is 4. The van der Waals surface area contributed by atoms with Crippen molar-refractivity contribution in [2.24, 2.45) is 0 Å². The zero-order valence-electron chi connectivity index (χ0n) is 7.73. The van der Waals surface area contributed by atoms with E-state index in [9.17, 15) is 4.79 Å². The Labute approximate surface area is 75.9 Å². The first kappa shape index (κ1) is 9.79. The van der Waals surface area contributed by atoms with E-state index < -0.39 is 0 Å². The number of nitrogens with zero attached hydrogens (tertiary/aromatic N) is 4. The highest BCUT2D eigenvalue weighted by molar-refractivity contribution is 5.79. The van der Waals surface area contributed by atoms with Crippen LogP contribution in [-0.4, -0.2) is 39.7 Å². The van der Waals surface area contributed by atoms with Gasteiger partial charge in [-0.1, -0.05) is 0 Å². The number of carbonyl (C=O) groups excluding carboxylic acids is 1. The number of Topliss-reactive ketones (excluding diaryl/α,β-unsaturated/α-hetero) is 1. The summed E-state index contributed by atoms with van der Waals surface area (Å²) in [4.78, 5) is 11.0. The molecule has 0 aromatic carbocycles. The van der Waals surface area contributed by atoms with Crippen molar-refractivity contribution in [2.75, 3.05) is 13.7 Å². The summed E-state index contributed by atoms with van der Waals surface area (Å²) in [6.07, 6.45) is 0.402. The second-order valence-electron chi connectivity index (χ2n) is 2.67. The lowest BCUT2D eigenvalue weighted by atomic mass is 10.3. The molecule has 1 heterocycles. The number of tetrazole rings is 1. The Bertz CT molecular complexity index is 284. The molecule has 0 aliphatic rings. The van der Waals surface area contributed by atoms with Crippen LogP contribution in [0.2, 0.25) is 0 Å². The molecule has 72 valence electrons. The van der Waals surface area contributed by atoms with Crippen LogP contribution in [0.4, 0.5) is 0 Å². The fourth-order valence-electron chi connectivity index (χ4n) is 0.920. The Morgan fingerprint density at radius 2 is 2.38 bits per heavy atom. The molecule has 0 N–H and O–H groups in total. The van der Waals surface area contributed by atoms with Gasteiger partial charge in [-0.2, -0.15) is 0 Å². The standard InChI is InChI=1S/C7H12N4O2/c1-6-8-9-10-11(6)4-3-7(12)5-13-2/h3-5H2,1-2H3. The first-order valence-corrected chi connectivity index (χ1v) is 3.97. The molecule has 0 saturated carbocycles. The van der Waals surface area contributed by atoms with Gasteiger partial charge < -0.3 is 4.74 Å². The highest BCUT2D eigenvalue weighted by Crippen LogP contribution is 1.93. The maximum atomic E-state index is 11.0. The van der Waals surface area contributed by atoms with Crippen LogP contribution in [0.15, 0.2) is 0 Å². The number of aryl methyl sites for hydroxylation is 2. The average molecular weight is 184 g/mol. The van der Waals surface area contributed by atoms with Crippen LogP contribution in [-0.2, 0) is 16.1 Å². The highest BCUT2D eigenvalue weighted by Gasteiger charge is 2.04. The summed E-state index contributed by atoms with van der Waals surface area (Å²) in [6, 6.07) is 0. The molecule has 1 rings (SSSR count). The number of carbonyl (C=O) groups is 1. The normalized spacial score (nSPS) is 10.3. The maximum Gasteiger partial charge on any atom is 0.160 e. The third-order valence-corrected chi connectivity index (χ3v) is 1.62. The second kappa shape index (κ2) is 4.66. The van der Waals surface area contributed by atoms with Crippen LogP contribution in [0.1, 0.15) is 12.2 Å². The summed E-state index contributed by atoms with van der Waals surface area (Å²) in [7, 11) is 1.50. The molecule has 0 bridgehead atoms. The molecule has 6 nitrogen and oxygen atoms in total. The second-order valence-corrected chi connectivity index (χ2v) is 2.67. The minimum atomic E-state index is 0.0531. The molecule has 6 heteroatoms. The first-order chi connectivity index (χ1) is 6.24. The van der Waals surface area contributed by atoms with E-state index in [1.165, 1.54) is 7.11 Å². The van der Waals surface area contributed by atoms with Crippen molar-refractivity contribution in [3.63, 3.8) is 0 Å². The Morgan fingerprint density at radius 3 is 2.92 bits per heavy atom. The summed E-state index contributed by atoms with van der Waals surface area (Å²) in [6.45, 7) is 2.46. The van der Waals surface area contributed by atoms with Crippen molar-refractivity contribution in [3.8, 4) is 0 Å². The lowest BCUT2D eigenvalue weighted by molar-refractivity contribution is -0.122. The van der Waals surface area contributed by atoms with Crippen molar-refractivity contribution in [3.05, 3.63) is 5.82 Å². The van der Waals surface area contributed by atoms with E-state index in [4.69, 9.17) is 4.74 Å². The van der Waals surface area contributed by atoms with Crippen molar-refractivity contribution in [1.29, 1.82) is 0 Å². The van der Waals surface area contributed by atoms with Gasteiger partial charge in [0, 0.05) is 13.5 Å². The van der Waals surface area contributed by atoms with Gasteiger partial charge in [0.15, 0.2) is 5.78 Å². The van der Waals surface area contributed by atoms with Crippen LogP contribution < -0.4 is 0 Å². The van der Waals surface area contributed by atoms with Gasteiger partial charge in [-0.25, -0.2) is 4.68 Å². The van der Waals surface area contributed by atoms with Gasteiger partial charge in [-0.05, 0) is 17.4 Å². The summed E-state index contributed by atoms with van der Waals surface area (Å²) in [5.74, 6) is 0.766. The van der Waals surface area contributed by atoms with Gasteiger partial charge in [-0.15, -0.1) is 5.10 Å². The van der Waals surface area contributed by atoms with E-state index in [2.05, 4.69) is 15.5 Å². The summed E-state index contributed by atoms with van der Waals surface area (Å²) in [5.41, 5.74) is 0. The maximum absolute atomic E-state index is 11.0. The number of methoxy groups -OCH3 is 1. The monoisotopic (exact) mass is 184 g/mol. The van der Waals surface area contributed by atoms with Gasteiger partial charge in [0.05, 0.1) is 6.54 Å². The summed E-state index contributed by atoms with van der Waals surface area (Å²) < 4.78 is 6.28. The number of rotatable bonds is 5. The van der Waals surface area contributed by atoms with Gasteiger partial charge in [0.25, 0.3) is 0 Å². The molecular weight excluding hydrogens is 172 g/mol. The van der Waals surface area contributed by atoms with Crippen LogP contribution in [0.25, 0.3) is 0 Å². The third-order valence-electron chi connectivity index (χ3n) is 1.62. The lowest BCUT2D eigenvalue weighted by Gasteiger charge is -2.00. The molecule has 0 unspecified atom stereocenters. The number of hydrogen-bond donors (Lipinski definition) is 0. The number of ketones is 1. The molecule has 0 saturated heterocycles. The van der Waals surface area contributed by atoms with E-state index >= 15 is 0 Å². The largest absolute Gasteiger partial charge is 0.377 e. The first-order valence-electron chi connectivity index (χ1n) is 3.97. The molecule has 1 aromatic rings. The molecule has 0 atom stereocenters. The predicted octanol–water partition coefficient (Wildman–Crippen LogP) is -0.413. The molecule has 13 heavy (non-hydrogen) atoms. The fraction of sp³-hybridized carbons (Fsp3) is 0.714. The van der Waals surface area contributed by atoms with Crippen LogP contribution in [0.5, 0.6) is 0 Å². The van der Waals surface area contributed by atoms with E-state index in [-0.39, 0.29) is 12.4 Å². The molecule has 0 radical (unpaired) electrons. The molecule has 0 aliphatic heterocycles. The molecule has 0 spiro atoms. The summed E-state index contributed by atoms with van der Waals surface area (Å²) in [5, 5.41) is 10.9. The average Bonchev–Trinajstić information content (AvgIpc) is 2.48.